The summed E-state index contributed by atoms with van der Waals surface area (Å²) in [6.07, 6.45) is -3.23. The van der Waals surface area contributed by atoms with Gasteiger partial charge in [-0.05, 0) is 35.3 Å². The van der Waals surface area contributed by atoms with Gasteiger partial charge in [-0.15, -0.1) is 0 Å². The monoisotopic (exact) mass is 378 g/mol. The van der Waals surface area contributed by atoms with Crippen molar-refractivity contribution in [2.24, 2.45) is 0 Å². The molecule has 1 fully saturated rings. The van der Waals surface area contributed by atoms with Crippen LogP contribution in [0.15, 0.2) is 42.6 Å². The summed E-state index contributed by atoms with van der Waals surface area (Å²) in [4.78, 5) is 7.79. The van der Waals surface area contributed by atoms with Gasteiger partial charge in [-0.1, -0.05) is 18.2 Å². The predicted molar refractivity (Wildman–Crippen MR) is 96.3 cm³/mol. The number of halogens is 3. The van der Waals surface area contributed by atoms with Crippen LogP contribution in [0.2, 0.25) is 0 Å². The second-order valence-electron chi connectivity index (χ2n) is 6.27. The average Bonchev–Trinajstić information content (AvgIpc) is 3.06. The van der Waals surface area contributed by atoms with Crippen LogP contribution in [-0.2, 0) is 12.7 Å². The number of hydrogen-bond donors (Lipinski definition) is 0. The van der Waals surface area contributed by atoms with E-state index in [4.69, 9.17) is 0 Å². The van der Waals surface area contributed by atoms with Gasteiger partial charge in [0, 0.05) is 44.3 Å². The predicted octanol–water partition coefficient (Wildman–Crippen LogP) is 4.03. The Morgan fingerprint density at radius 2 is 1.77 bits per heavy atom. The largest absolute Gasteiger partial charge is 0.433 e. The van der Waals surface area contributed by atoms with E-state index in [1.807, 2.05) is 23.1 Å². The van der Waals surface area contributed by atoms with Crippen LogP contribution in [0.4, 0.5) is 19.0 Å². The molecular weight excluding hydrogens is 361 g/mol. The third-order valence-electron chi connectivity index (χ3n) is 4.58. The smallest absolute Gasteiger partial charge is 0.353 e. The van der Waals surface area contributed by atoms with Crippen LogP contribution in [0.3, 0.4) is 0 Å². The van der Waals surface area contributed by atoms with Crippen molar-refractivity contribution in [1.29, 1.82) is 0 Å². The van der Waals surface area contributed by atoms with E-state index in [9.17, 15) is 13.2 Å². The van der Waals surface area contributed by atoms with Crippen molar-refractivity contribution >= 4 is 27.4 Å². The molecule has 26 heavy (non-hydrogen) atoms. The molecule has 2 aromatic heterocycles. The molecule has 0 unspecified atom stereocenters. The highest BCUT2D eigenvalue weighted by Gasteiger charge is 2.35. The minimum absolute atomic E-state index is 0.229. The number of fused-ring (bicyclic) bond motifs is 1. The Hall–Kier alpha value is -2.19. The van der Waals surface area contributed by atoms with Gasteiger partial charge in [0.2, 0.25) is 0 Å². The lowest BCUT2D eigenvalue weighted by Crippen LogP contribution is -2.46. The molecule has 0 N–H and O–H groups in total. The summed E-state index contributed by atoms with van der Waals surface area (Å²) in [5.74, 6) is 0.975. The van der Waals surface area contributed by atoms with Crippen LogP contribution in [0, 0.1) is 0 Å². The van der Waals surface area contributed by atoms with Gasteiger partial charge in [0.1, 0.15) is 11.5 Å². The van der Waals surface area contributed by atoms with Gasteiger partial charge in [0.05, 0.1) is 4.70 Å². The molecule has 0 bridgehead atoms. The maximum absolute atomic E-state index is 13.1. The quantitative estimate of drug-likeness (QED) is 0.689. The maximum atomic E-state index is 13.1. The summed E-state index contributed by atoms with van der Waals surface area (Å²) in [7, 11) is 0. The SMILES string of the molecule is FC(F)(F)c1ncccc1CN1CCN(c2nsc3ccccc23)CC1. The van der Waals surface area contributed by atoms with Crippen LogP contribution in [0.5, 0.6) is 0 Å². The first-order valence-corrected chi connectivity index (χ1v) is 9.12. The zero-order valence-electron chi connectivity index (χ0n) is 13.9. The molecule has 0 spiro atoms. The molecule has 1 aliphatic heterocycles. The minimum Gasteiger partial charge on any atom is -0.353 e. The molecule has 4 nitrogen and oxygen atoms in total. The lowest BCUT2D eigenvalue weighted by molar-refractivity contribution is -0.142. The lowest BCUT2D eigenvalue weighted by Gasteiger charge is -2.35. The van der Waals surface area contributed by atoms with E-state index >= 15 is 0 Å². The van der Waals surface area contributed by atoms with Crippen LogP contribution < -0.4 is 4.90 Å². The second-order valence-corrected chi connectivity index (χ2v) is 7.08. The van der Waals surface area contributed by atoms with E-state index in [-0.39, 0.29) is 12.1 Å². The van der Waals surface area contributed by atoms with Crippen molar-refractivity contribution in [3.63, 3.8) is 0 Å². The van der Waals surface area contributed by atoms with Crippen molar-refractivity contribution in [3.05, 3.63) is 53.9 Å². The van der Waals surface area contributed by atoms with Crippen molar-refractivity contribution in [2.45, 2.75) is 12.7 Å². The zero-order valence-corrected chi connectivity index (χ0v) is 14.7. The molecule has 0 saturated carbocycles. The Kier molecular flexibility index (Phi) is 4.54. The van der Waals surface area contributed by atoms with Gasteiger partial charge >= 0.3 is 6.18 Å². The molecule has 3 aromatic rings. The van der Waals surface area contributed by atoms with Gasteiger partial charge in [0.25, 0.3) is 0 Å². The van der Waals surface area contributed by atoms with Crippen molar-refractivity contribution in [3.8, 4) is 0 Å². The van der Waals surface area contributed by atoms with Gasteiger partial charge in [-0.25, -0.2) is 0 Å². The normalized spacial score (nSPS) is 16.3. The van der Waals surface area contributed by atoms with Crippen molar-refractivity contribution in [2.75, 3.05) is 31.1 Å². The number of piperazine rings is 1. The second kappa shape index (κ2) is 6.85. The van der Waals surface area contributed by atoms with Gasteiger partial charge in [0.15, 0.2) is 0 Å². The Morgan fingerprint density at radius 1 is 1.00 bits per heavy atom. The summed E-state index contributed by atoms with van der Waals surface area (Å²) in [5, 5.41) is 1.14. The van der Waals surface area contributed by atoms with Crippen molar-refractivity contribution < 1.29 is 13.2 Å². The summed E-state index contributed by atoms with van der Waals surface area (Å²) >= 11 is 1.48. The zero-order chi connectivity index (χ0) is 18.1. The van der Waals surface area contributed by atoms with E-state index in [1.54, 1.807) is 6.07 Å². The van der Waals surface area contributed by atoms with Gasteiger partial charge in [-0.2, -0.15) is 17.5 Å². The fourth-order valence-electron chi connectivity index (χ4n) is 3.28. The number of pyridine rings is 1. The Balaban J connectivity index is 1.45. The number of rotatable bonds is 3. The third kappa shape index (κ3) is 3.39. The minimum atomic E-state index is -4.42. The molecule has 0 radical (unpaired) electrons. The summed E-state index contributed by atoms with van der Waals surface area (Å²) < 4.78 is 45.0. The third-order valence-corrected chi connectivity index (χ3v) is 5.40. The molecule has 1 saturated heterocycles. The number of alkyl halides is 3. The standard InChI is InChI=1S/C18H17F3N4S/c19-18(20,21)16-13(4-3-7-22-16)12-24-8-10-25(11-9-24)17-14-5-1-2-6-15(14)26-23-17/h1-7H,8-12H2. The maximum Gasteiger partial charge on any atom is 0.433 e. The highest BCUT2D eigenvalue weighted by molar-refractivity contribution is 7.13. The van der Waals surface area contributed by atoms with Crippen LogP contribution in [0.1, 0.15) is 11.3 Å². The van der Waals surface area contributed by atoms with E-state index in [0.717, 1.165) is 29.0 Å². The van der Waals surface area contributed by atoms with E-state index in [2.05, 4.69) is 20.3 Å². The highest BCUT2D eigenvalue weighted by atomic mass is 32.1. The first kappa shape index (κ1) is 17.2. The first-order valence-electron chi connectivity index (χ1n) is 8.35. The van der Waals surface area contributed by atoms with E-state index in [0.29, 0.717) is 13.1 Å². The topological polar surface area (TPSA) is 32.3 Å². The summed E-state index contributed by atoms with van der Waals surface area (Å²) in [6.45, 7) is 3.13. The molecule has 3 heterocycles. The molecule has 8 heteroatoms. The molecular formula is C18H17F3N4S. The number of nitrogens with zero attached hydrogens (tertiary/aromatic N) is 4. The number of benzene rings is 1. The molecule has 136 valence electrons. The lowest BCUT2D eigenvalue weighted by atomic mass is 10.1. The molecule has 0 aliphatic carbocycles. The first-order chi connectivity index (χ1) is 12.5. The number of hydrogen-bond acceptors (Lipinski definition) is 5. The number of aromatic nitrogens is 2. The molecule has 0 atom stereocenters. The Morgan fingerprint density at radius 3 is 2.54 bits per heavy atom. The van der Waals surface area contributed by atoms with Gasteiger partial charge < -0.3 is 4.90 Å². The van der Waals surface area contributed by atoms with Crippen LogP contribution in [-0.4, -0.2) is 40.4 Å². The van der Waals surface area contributed by atoms with Crippen molar-refractivity contribution in [1.82, 2.24) is 14.3 Å². The molecule has 0 amide bonds. The van der Waals surface area contributed by atoms with Crippen LogP contribution >= 0.6 is 11.5 Å². The van der Waals surface area contributed by atoms with Gasteiger partial charge in [-0.3, -0.25) is 9.88 Å². The summed E-state index contributed by atoms with van der Waals surface area (Å²) in [5.41, 5.74) is -0.555. The number of anilines is 1. The summed E-state index contributed by atoms with van der Waals surface area (Å²) in [6, 6.07) is 11.2. The highest BCUT2D eigenvalue weighted by Crippen LogP contribution is 2.32. The van der Waals surface area contributed by atoms with Crippen LogP contribution in [0.25, 0.3) is 10.1 Å². The Labute approximate surface area is 153 Å². The fraction of sp³-hybridized carbons (Fsp3) is 0.333. The van der Waals surface area contributed by atoms with E-state index in [1.165, 1.54) is 23.8 Å². The van der Waals surface area contributed by atoms with E-state index < -0.39 is 11.9 Å². The Bertz CT molecular complexity index is 901. The fourth-order valence-corrected chi connectivity index (χ4v) is 4.08. The molecule has 1 aliphatic rings. The molecule has 1 aromatic carbocycles. The average molecular weight is 378 g/mol. The molecule has 4 rings (SSSR count).